The summed E-state index contributed by atoms with van der Waals surface area (Å²) in [6.07, 6.45) is 0.968. The van der Waals surface area contributed by atoms with Crippen molar-refractivity contribution < 1.29 is 14.3 Å². The average Bonchev–Trinajstić information content (AvgIpc) is 2.37. The minimum atomic E-state index is -1.22. The molecule has 0 saturated carbocycles. The van der Waals surface area contributed by atoms with Crippen LogP contribution in [0.5, 0.6) is 0 Å². The third-order valence-corrected chi connectivity index (χ3v) is 3.50. The lowest BCUT2D eigenvalue weighted by Crippen LogP contribution is -2.50. The summed E-state index contributed by atoms with van der Waals surface area (Å²) < 4.78 is 13.6. The fourth-order valence-corrected chi connectivity index (χ4v) is 2.67. The van der Waals surface area contributed by atoms with E-state index < -0.39 is 17.3 Å². The van der Waals surface area contributed by atoms with E-state index in [4.69, 9.17) is 11.0 Å². The number of rotatable bonds is 3. The Bertz CT molecular complexity index is 570. The van der Waals surface area contributed by atoms with E-state index in [0.717, 1.165) is 0 Å². The minimum Gasteiger partial charge on any atom is -0.388 e. The molecule has 2 rings (SSSR count). The number of piperidine rings is 1. The SMILES string of the molecule is N#Cc1c(F)cccc1N1CCCC(O)(CC(N)=O)C1. The highest BCUT2D eigenvalue weighted by molar-refractivity contribution is 5.75. The molecule has 1 fully saturated rings. The first-order chi connectivity index (χ1) is 9.45. The molecule has 0 spiro atoms. The van der Waals surface area contributed by atoms with Crippen LogP contribution in [0.15, 0.2) is 18.2 Å². The monoisotopic (exact) mass is 277 g/mol. The molecule has 1 aliphatic rings. The molecule has 0 radical (unpaired) electrons. The summed E-state index contributed by atoms with van der Waals surface area (Å²) in [7, 11) is 0. The number of nitriles is 1. The number of aliphatic hydroxyl groups is 1. The predicted molar refractivity (Wildman–Crippen MR) is 71.3 cm³/mol. The second kappa shape index (κ2) is 5.47. The summed E-state index contributed by atoms with van der Waals surface area (Å²) in [5.74, 6) is -1.16. The summed E-state index contributed by atoms with van der Waals surface area (Å²) in [6.45, 7) is 0.757. The van der Waals surface area contributed by atoms with Gasteiger partial charge in [-0.05, 0) is 25.0 Å². The molecule has 1 unspecified atom stereocenters. The molecule has 5 nitrogen and oxygen atoms in total. The van der Waals surface area contributed by atoms with Crippen molar-refractivity contribution in [2.24, 2.45) is 5.73 Å². The Balaban J connectivity index is 2.28. The maximum atomic E-state index is 13.6. The van der Waals surface area contributed by atoms with Crippen LogP contribution in [-0.4, -0.2) is 29.7 Å². The molecule has 106 valence electrons. The second-order valence-corrected chi connectivity index (χ2v) is 5.14. The van der Waals surface area contributed by atoms with Crippen LogP contribution in [-0.2, 0) is 4.79 Å². The largest absolute Gasteiger partial charge is 0.388 e. The summed E-state index contributed by atoms with van der Waals surface area (Å²) in [4.78, 5) is 12.8. The van der Waals surface area contributed by atoms with Gasteiger partial charge in [0.1, 0.15) is 17.4 Å². The van der Waals surface area contributed by atoms with Crippen molar-refractivity contribution in [3.63, 3.8) is 0 Å². The lowest BCUT2D eigenvalue weighted by atomic mass is 9.89. The molecule has 3 N–H and O–H groups in total. The number of benzene rings is 1. The highest BCUT2D eigenvalue weighted by Crippen LogP contribution is 2.30. The summed E-state index contributed by atoms with van der Waals surface area (Å²) in [5.41, 5.74) is 4.32. The number of anilines is 1. The van der Waals surface area contributed by atoms with Gasteiger partial charge in [0.15, 0.2) is 0 Å². The molecule has 0 aliphatic carbocycles. The lowest BCUT2D eigenvalue weighted by molar-refractivity contribution is -0.123. The van der Waals surface area contributed by atoms with Crippen molar-refractivity contribution in [1.29, 1.82) is 5.26 Å². The van der Waals surface area contributed by atoms with E-state index in [-0.39, 0.29) is 18.5 Å². The van der Waals surface area contributed by atoms with Crippen molar-refractivity contribution in [3.05, 3.63) is 29.6 Å². The molecule has 1 aliphatic heterocycles. The van der Waals surface area contributed by atoms with Gasteiger partial charge < -0.3 is 15.7 Å². The zero-order valence-electron chi connectivity index (χ0n) is 11.0. The molecule has 0 bridgehead atoms. The van der Waals surface area contributed by atoms with Gasteiger partial charge in [0, 0.05) is 13.1 Å². The van der Waals surface area contributed by atoms with E-state index in [0.29, 0.717) is 25.1 Å². The third kappa shape index (κ3) is 2.89. The molecule has 1 saturated heterocycles. The normalized spacial score (nSPS) is 22.4. The molecule has 1 aromatic carbocycles. The smallest absolute Gasteiger partial charge is 0.220 e. The number of carbonyl (C=O) groups excluding carboxylic acids is 1. The Morgan fingerprint density at radius 3 is 3.00 bits per heavy atom. The maximum absolute atomic E-state index is 13.6. The molecule has 1 heterocycles. The third-order valence-electron chi connectivity index (χ3n) is 3.50. The van der Waals surface area contributed by atoms with Crippen LogP contribution in [0.3, 0.4) is 0 Å². The van der Waals surface area contributed by atoms with E-state index in [1.165, 1.54) is 12.1 Å². The highest BCUT2D eigenvalue weighted by Gasteiger charge is 2.35. The van der Waals surface area contributed by atoms with Crippen LogP contribution in [0.4, 0.5) is 10.1 Å². The van der Waals surface area contributed by atoms with Gasteiger partial charge in [-0.1, -0.05) is 6.07 Å². The Morgan fingerprint density at radius 1 is 1.60 bits per heavy atom. The van der Waals surface area contributed by atoms with E-state index in [1.807, 2.05) is 6.07 Å². The van der Waals surface area contributed by atoms with Gasteiger partial charge in [-0.2, -0.15) is 5.26 Å². The van der Waals surface area contributed by atoms with E-state index in [2.05, 4.69) is 0 Å². The first kappa shape index (κ1) is 14.3. The van der Waals surface area contributed by atoms with Crippen LogP contribution in [0.25, 0.3) is 0 Å². The van der Waals surface area contributed by atoms with Crippen molar-refractivity contribution in [1.82, 2.24) is 0 Å². The number of carbonyl (C=O) groups is 1. The quantitative estimate of drug-likeness (QED) is 0.859. The fraction of sp³-hybridized carbons (Fsp3) is 0.429. The summed E-state index contributed by atoms with van der Waals surface area (Å²) in [5, 5.41) is 19.4. The maximum Gasteiger partial charge on any atom is 0.220 e. The first-order valence-electron chi connectivity index (χ1n) is 6.39. The average molecular weight is 277 g/mol. The van der Waals surface area contributed by atoms with E-state index in [9.17, 15) is 14.3 Å². The molecule has 20 heavy (non-hydrogen) atoms. The first-order valence-corrected chi connectivity index (χ1v) is 6.39. The van der Waals surface area contributed by atoms with Gasteiger partial charge >= 0.3 is 0 Å². The van der Waals surface area contributed by atoms with Gasteiger partial charge in [-0.25, -0.2) is 4.39 Å². The van der Waals surface area contributed by atoms with E-state index in [1.54, 1.807) is 11.0 Å². The second-order valence-electron chi connectivity index (χ2n) is 5.14. The molecule has 1 atom stereocenters. The number of β-amino-alcohol motifs (C(OH)–C–C–N with tert-alkyl or cyclic N) is 1. The fourth-order valence-electron chi connectivity index (χ4n) is 2.67. The van der Waals surface area contributed by atoms with Gasteiger partial charge in [0.05, 0.1) is 17.7 Å². The molecular formula is C14H16FN3O2. The Labute approximate surface area is 116 Å². The molecule has 1 amide bonds. The number of halogens is 1. The molecule has 1 aromatic rings. The van der Waals surface area contributed by atoms with Crippen molar-refractivity contribution in [3.8, 4) is 6.07 Å². The van der Waals surface area contributed by atoms with Gasteiger partial charge in [-0.3, -0.25) is 4.79 Å². The van der Waals surface area contributed by atoms with Crippen LogP contribution in [0, 0.1) is 17.1 Å². The lowest BCUT2D eigenvalue weighted by Gasteiger charge is -2.40. The van der Waals surface area contributed by atoms with Crippen LogP contribution in [0.2, 0.25) is 0 Å². The number of amides is 1. The highest BCUT2D eigenvalue weighted by atomic mass is 19.1. The van der Waals surface area contributed by atoms with E-state index >= 15 is 0 Å². The van der Waals surface area contributed by atoms with Crippen LogP contribution in [0.1, 0.15) is 24.8 Å². The number of hydrogen-bond acceptors (Lipinski definition) is 4. The van der Waals surface area contributed by atoms with Crippen LogP contribution >= 0.6 is 0 Å². The minimum absolute atomic E-state index is 0.0455. The summed E-state index contributed by atoms with van der Waals surface area (Å²) >= 11 is 0. The van der Waals surface area contributed by atoms with Crippen molar-refractivity contribution >= 4 is 11.6 Å². The Kier molecular flexibility index (Phi) is 3.91. The van der Waals surface area contributed by atoms with Gasteiger partial charge in [0.2, 0.25) is 5.91 Å². The number of nitrogens with two attached hydrogens (primary N) is 1. The number of nitrogens with zero attached hydrogens (tertiary/aromatic N) is 2. The standard InChI is InChI=1S/C14H16FN3O2/c15-11-3-1-4-12(10(11)8-16)18-6-2-5-14(20,9-18)7-13(17)19/h1,3-4,20H,2,5-7,9H2,(H2,17,19). The zero-order valence-corrected chi connectivity index (χ0v) is 11.0. The zero-order chi connectivity index (χ0) is 14.8. The Hall–Kier alpha value is -2.13. The molecule has 6 heteroatoms. The summed E-state index contributed by atoms with van der Waals surface area (Å²) in [6, 6.07) is 6.22. The molecule has 0 aromatic heterocycles. The van der Waals surface area contributed by atoms with Crippen molar-refractivity contribution in [2.75, 3.05) is 18.0 Å². The van der Waals surface area contributed by atoms with Crippen molar-refractivity contribution in [2.45, 2.75) is 24.9 Å². The van der Waals surface area contributed by atoms with Gasteiger partial charge in [-0.15, -0.1) is 0 Å². The topological polar surface area (TPSA) is 90.3 Å². The van der Waals surface area contributed by atoms with Crippen LogP contribution < -0.4 is 10.6 Å². The predicted octanol–water partition coefficient (Wildman–Crippen LogP) is 0.904. The molecular weight excluding hydrogens is 261 g/mol. The Morgan fingerprint density at radius 2 is 2.35 bits per heavy atom. The number of primary amides is 1. The van der Waals surface area contributed by atoms with Gasteiger partial charge in [0.25, 0.3) is 0 Å². The number of hydrogen-bond donors (Lipinski definition) is 2.